The van der Waals surface area contributed by atoms with Gasteiger partial charge in [0.05, 0.1) is 7.11 Å². The summed E-state index contributed by atoms with van der Waals surface area (Å²) < 4.78 is 4.48. The maximum atomic E-state index is 11.1. The molecule has 15 heavy (non-hydrogen) atoms. The summed E-state index contributed by atoms with van der Waals surface area (Å²) in [6.07, 6.45) is 0. The molecule has 0 aromatic heterocycles. The van der Waals surface area contributed by atoms with Gasteiger partial charge in [-0.25, -0.2) is 0 Å². The molecule has 84 valence electrons. The lowest BCUT2D eigenvalue weighted by molar-refractivity contribution is -0.142. The van der Waals surface area contributed by atoms with Crippen molar-refractivity contribution in [2.75, 3.05) is 7.11 Å². The number of nitrogens with two attached hydrogens (primary N) is 1. The number of phenolic OH excluding ortho intramolecular Hbond substituents is 1. The van der Waals surface area contributed by atoms with Gasteiger partial charge in [0.2, 0.25) is 0 Å². The number of phenols is 1. The molecule has 0 heterocycles. The molecule has 1 rings (SSSR count). The molecular formula is C10H14ClNO3. The molecule has 0 radical (unpaired) electrons. The van der Waals surface area contributed by atoms with E-state index in [-0.39, 0.29) is 18.2 Å². The minimum Gasteiger partial charge on any atom is -0.508 e. The van der Waals surface area contributed by atoms with Crippen LogP contribution in [0.2, 0.25) is 0 Å². The lowest BCUT2D eigenvalue weighted by atomic mass is 10.0. The first-order chi connectivity index (χ1) is 6.56. The van der Waals surface area contributed by atoms with Crippen LogP contribution >= 0.6 is 12.4 Å². The Bertz CT molecular complexity index is 355. The molecule has 0 saturated heterocycles. The van der Waals surface area contributed by atoms with Crippen molar-refractivity contribution >= 4 is 18.4 Å². The van der Waals surface area contributed by atoms with E-state index in [2.05, 4.69) is 4.74 Å². The summed E-state index contributed by atoms with van der Waals surface area (Å²) in [6.45, 7) is 1.84. The molecule has 0 aliphatic rings. The molecule has 1 aromatic rings. The fourth-order valence-electron chi connectivity index (χ4n) is 1.17. The number of carbonyl (C=O) groups is 1. The number of hydrogen-bond donors (Lipinski definition) is 2. The number of ether oxygens (including phenoxy) is 1. The van der Waals surface area contributed by atoms with Gasteiger partial charge in [-0.05, 0) is 18.6 Å². The van der Waals surface area contributed by atoms with E-state index in [9.17, 15) is 9.90 Å². The smallest absolute Gasteiger partial charge is 0.327 e. The number of aromatic hydroxyl groups is 1. The van der Waals surface area contributed by atoms with Crippen molar-refractivity contribution < 1.29 is 14.6 Å². The van der Waals surface area contributed by atoms with Crippen LogP contribution in [0.4, 0.5) is 0 Å². The molecular weight excluding hydrogens is 218 g/mol. The molecule has 0 fully saturated rings. The molecule has 0 spiro atoms. The molecule has 3 N–H and O–H groups in total. The zero-order valence-electron chi connectivity index (χ0n) is 8.56. The summed E-state index contributed by atoms with van der Waals surface area (Å²) in [5.74, 6) is -0.549. The molecule has 0 aliphatic heterocycles. The van der Waals surface area contributed by atoms with Gasteiger partial charge >= 0.3 is 5.97 Å². The SMILES string of the molecule is COC(=O)[C@@H](N)c1ccc(C)cc1O.Cl. The lowest BCUT2D eigenvalue weighted by Crippen LogP contribution is -2.22. The third kappa shape index (κ3) is 3.11. The first-order valence-electron chi connectivity index (χ1n) is 4.19. The van der Waals surface area contributed by atoms with E-state index >= 15 is 0 Å². The Morgan fingerprint density at radius 1 is 1.53 bits per heavy atom. The minimum absolute atomic E-state index is 0. The van der Waals surface area contributed by atoms with Crippen molar-refractivity contribution in [1.29, 1.82) is 0 Å². The van der Waals surface area contributed by atoms with Gasteiger partial charge < -0.3 is 15.6 Å². The van der Waals surface area contributed by atoms with Gasteiger partial charge in [-0.15, -0.1) is 12.4 Å². The summed E-state index contributed by atoms with van der Waals surface area (Å²) in [4.78, 5) is 11.1. The predicted octanol–water partition coefficient (Wildman–Crippen LogP) is 1.30. The summed E-state index contributed by atoms with van der Waals surface area (Å²) in [7, 11) is 1.26. The molecule has 0 aliphatic carbocycles. The average Bonchev–Trinajstić information content (AvgIpc) is 2.15. The van der Waals surface area contributed by atoms with Gasteiger partial charge in [-0.1, -0.05) is 12.1 Å². The fourth-order valence-corrected chi connectivity index (χ4v) is 1.17. The highest BCUT2D eigenvalue weighted by molar-refractivity contribution is 5.85. The van der Waals surface area contributed by atoms with Gasteiger partial charge in [0.1, 0.15) is 11.8 Å². The van der Waals surface area contributed by atoms with Gasteiger partial charge in [0, 0.05) is 5.56 Å². The number of benzene rings is 1. The summed E-state index contributed by atoms with van der Waals surface area (Å²) in [5, 5.41) is 9.52. The zero-order valence-corrected chi connectivity index (χ0v) is 9.38. The quantitative estimate of drug-likeness (QED) is 0.753. The van der Waals surface area contributed by atoms with Crippen LogP contribution < -0.4 is 5.73 Å². The van der Waals surface area contributed by atoms with E-state index in [0.29, 0.717) is 5.56 Å². The van der Waals surface area contributed by atoms with E-state index in [1.165, 1.54) is 7.11 Å². The lowest BCUT2D eigenvalue weighted by Gasteiger charge is -2.11. The van der Waals surface area contributed by atoms with Crippen molar-refractivity contribution in [2.24, 2.45) is 5.73 Å². The molecule has 0 saturated carbocycles. The van der Waals surface area contributed by atoms with Crippen molar-refractivity contribution in [3.05, 3.63) is 29.3 Å². The Kier molecular flexibility index (Phi) is 5.11. The van der Waals surface area contributed by atoms with Gasteiger partial charge in [-0.2, -0.15) is 0 Å². The maximum Gasteiger partial charge on any atom is 0.327 e. The standard InChI is InChI=1S/C10H13NO3.ClH/c1-6-3-4-7(8(12)5-6)9(11)10(13)14-2;/h3-5,9,12H,11H2,1-2H3;1H/t9-;/m0./s1. The average molecular weight is 232 g/mol. The Hall–Kier alpha value is -1.26. The van der Waals surface area contributed by atoms with E-state index in [1.807, 2.05) is 6.92 Å². The van der Waals surface area contributed by atoms with E-state index in [0.717, 1.165) is 5.56 Å². The van der Waals surface area contributed by atoms with Crippen molar-refractivity contribution in [3.8, 4) is 5.75 Å². The Balaban J connectivity index is 0.00000196. The second kappa shape index (κ2) is 5.58. The van der Waals surface area contributed by atoms with Gasteiger partial charge in [0.15, 0.2) is 0 Å². The van der Waals surface area contributed by atoms with Gasteiger partial charge in [-0.3, -0.25) is 4.79 Å². The highest BCUT2D eigenvalue weighted by Crippen LogP contribution is 2.24. The van der Waals surface area contributed by atoms with Gasteiger partial charge in [0.25, 0.3) is 0 Å². The zero-order chi connectivity index (χ0) is 10.7. The summed E-state index contributed by atoms with van der Waals surface area (Å²) in [5.41, 5.74) is 6.85. The number of carbonyl (C=O) groups excluding carboxylic acids is 1. The molecule has 0 bridgehead atoms. The molecule has 0 unspecified atom stereocenters. The number of hydrogen-bond acceptors (Lipinski definition) is 4. The normalized spacial score (nSPS) is 11.4. The number of methoxy groups -OCH3 is 1. The van der Waals surface area contributed by atoms with Crippen LogP contribution in [0.15, 0.2) is 18.2 Å². The van der Waals surface area contributed by atoms with Crippen molar-refractivity contribution in [1.82, 2.24) is 0 Å². The molecule has 1 atom stereocenters. The molecule has 1 aromatic carbocycles. The van der Waals surface area contributed by atoms with Crippen LogP contribution in [0, 0.1) is 6.92 Å². The van der Waals surface area contributed by atoms with Crippen LogP contribution in [0.3, 0.4) is 0 Å². The van der Waals surface area contributed by atoms with Crippen LogP contribution in [-0.2, 0) is 9.53 Å². The van der Waals surface area contributed by atoms with Crippen molar-refractivity contribution in [2.45, 2.75) is 13.0 Å². The van der Waals surface area contributed by atoms with Crippen LogP contribution in [-0.4, -0.2) is 18.2 Å². The maximum absolute atomic E-state index is 11.1. The largest absolute Gasteiger partial charge is 0.508 e. The number of halogens is 1. The third-order valence-electron chi connectivity index (χ3n) is 1.98. The third-order valence-corrected chi connectivity index (χ3v) is 1.98. The minimum atomic E-state index is -0.930. The van der Waals surface area contributed by atoms with E-state index in [4.69, 9.17) is 5.73 Å². The number of rotatable bonds is 2. The molecule has 0 amide bonds. The number of aryl methyl sites for hydroxylation is 1. The van der Waals surface area contributed by atoms with Crippen LogP contribution in [0.5, 0.6) is 5.75 Å². The monoisotopic (exact) mass is 231 g/mol. The highest BCUT2D eigenvalue weighted by atomic mass is 35.5. The highest BCUT2D eigenvalue weighted by Gasteiger charge is 2.19. The Labute approximate surface area is 94.5 Å². The first-order valence-corrected chi connectivity index (χ1v) is 4.19. The molecule has 4 nitrogen and oxygen atoms in total. The van der Waals surface area contributed by atoms with E-state index < -0.39 is 12.0 Å². The first kappa shape index (κ1) is 13.7. The van der Waals surface area contributed by atoms with Crippen LogP contribution in [0.25, 0.3) is 0 Å². The van der Waals surface area contributed by atoms with Crippen molar-refractivity contribution in [3.63, 3.8) is 0 Å². The Morgan fingerprint density at radius 3 is 2.60 bits per heavy atom. The molecule has 5 heteroatoms. The summed E-state index contributed by atoms with van der Waals surface area (Å²) >= 11 is 0. The van der Waals surface area contributed by atoms with E-state index in [1.54, 1.807) is 18.2 Å². The predicted molar refractivity (Wildman–Crippen MR) is 59.0 cm³/mol. The fraction of sp³-hybridized carbons (Fsp3) is 0.300. The second-order valence-corrected chi connectivity index (χ2v) is 3.06. The van der Waals surface area contributed by atoms with Crippen LogP contribution in [0.1, 0.15) is 17.2 Å². The summed E-state index contributed by atoms with van der Waals surface area (Å²) in [6, 6.07) is 4.02. The Morgan fingerprint density at radius 2 is 2.13 bits per heavy atom. The topological polar surface area (TPSA) is 72.5 Å². The second-order valence-electron chi connectivity index (χ2n) is 3.06. The number of esters is 1.